The third kappa shape index (κ3) is 4.26. The van der Waals surface area contributed by atoms with E-state index >= 15 is 0 Å². The molecule has 1 N–H and O–H groups in total. The molecule has 1 aromatic carbocycles. The standard InChI is InChI=1S/C19H20FN3O5S/c20-15-10-13(3-4-16(15)22-5-8-29(26)9-6-22)23-12-14(28-19(23)25)11-21-18(24)17-2-1-7-27-17/h1-4,7,10,14H,5-6,8-9,11-12H2,(H,21,24)/t14-/m0/s1. The first-order valence-corrected chi connectivity index (χ1v) is 10.7. The molecule has 0 unspecified atom stereocenters. The fourth-order valence-corrected chi connectivity index (χ4v) is 4.39. The first-order chi connectivity index (χ1) is 14.0. The highest BCUT2D eigenvalue weighted by atomic mass is 32.2. The summed E-state index contributed by atoms with van der Waals surface area (Å²) in [5.41, 5.74) is 0.817. The molecule has 2 aliphatic heterocycles. The van der Waals surface area contributed by atoms with Gasteiger partial charge in [-0.05, 0) is 30.3 Å². The second-order valence-corrected chi connectivity index (χ2v) is 8.47. The van der Waals surface area contributed by atoms with Crippen LogP contribution in [0, 0.1) is 5.82 Å². The van der Waals surface area contributed by atoms with Gasteiger partial charge < -0.3 is 19.4 Å². The first-order valence-electron chi connectivity index (χ1n) is 9.20. The predicted octanol–water partition coefficient (Wildman–Crippen LogP) is 1.74. The highest BCUT2D eigenvalue weighted by Gasteiger charge is 2.33. The molecule has 1 aromatic heterocycles. The van der Waals surface area contributed by atoms with Crippen LogP contribution in [0.4, 0.5) is 20.6 Å². The number of nitrogens with zero attached hydrogens (tertiary/aromatic N) is 2. The molecule has 0 bridgehead atoms. The van der Waals surface area contributed by atoms with Crippen molar-refractivity contribution >= 4 is 34.2 Å². The predicted molar refractivity (Wildman–Crippen MR) is 105 cm³/mol. The molecule has 0 spiro atoms. The number of amides is 2. The minimum Gasteiger partial charge on any atom is -0.459 e. The Morgan fingerprint density at radius 1 is 1.28 bits per heavy atom. The van der Waals surface area contributed by atoms with Crippen LogP contribution in [0.25, 0.3) is 0 Å². The minimum absolute atomic E-state index is 0.118. The van der Waals surface area contributed by atoms with Crippen LogP contribution in [-0.2, 0) is 15.5 Å². The molecule has 3 heterocycles. The van der Waals surface area contributed by atoms with Gasteiger partial charge in [0.1, 0.15) is 11.9 Å². The lowest BCUT2D eigenvalue weighted by atomic mass is 10.2. The lowest BCUT2D eigenvalue weighted by molar-refractivity contribution is 0.0889. The van der Waals surface area contributed by atoms with Crippen LogP contribution in [0.5, 0.6) is 0 Å². The Labute approximate surface area is 169 Å². The number of nitrogens with one attached hydrogen (secondary N) is 1. The van der Waals surface area contributed by atoms with Crippen molar-refractivity contribution in [1.29, 1.82) is 0 Å². The average molecular weight is 421 g/mol. The Kier molecular flexibility index (Phi) is 5.52. The van der Waals surface area contributed by atoms with Crippen molar-refractivity contribution in [3.05, 3.63) is 48.2 Å². The molecule has 4 rings (SSSR count). The Morgan fingerprint density at radius 3 is 2.76 bits per heavy atom. The van der Waals surface area contributed by atoms with E-state index in [1.165, 1.54) is 23.3 Å². The highest BCUT2D eigenvalue weighted by Crippen LogP contribution is 2.28. The maximum absolute atomic E-state index is 14.7. The largest absolute Gasteiger partial charge is 0.459 e. The molecule has 8 nitrogen and oxygen atoms in total. The molecule has 0 saturated carbocycles. The van der Waals surface area contributed by atoms with Gasteiger partial charge in [-0.15, -0.1) is 0 Å². The van der Waals surface area contributed by atoms with Gasteiger partial charge in [0.25, 0.3) is 5.91 Å². The molecule has 29 heavy (non-hydrogen) atoms. The van der Waals surface area contributed by atoms with Crippen LogP contribution in [0.2, 0.25) is 0 Å². The van der Waals surface area contributed by atoms with Crippen molar-refractivity contribution in [1.82, 2.24) is 5.32 Å². The van der Waals surface area contributed by atoms with E-state index in [2.05, 4.69) is 5.32 Å². The molecule has 0 radical (unpaired) electrons. The molecule has 2 amide bonds. The van der Waals surface area contributed by atoms with Crippen molar-refractivity contribution in [3.63, 3.8) is 0 Å². The van der Waals surface area contributed by atoms with Crippen molar-refractivity contribution in [2.24, 2.45) is 0 Å². The lowest BCUT2D eigenvalue weighted by Crippen LogP contribution is -2.38. The summed E-state index contributed by atoms with van der Waals surface area (Å²) in [5, 5.41) is 2.64. The number of rotatable bonds is 5. The summed E-state index contributed by atoms with van der Waals surface area (Å²) in [6, 6.07) is 7.72. The molecule has 2 fully saturated rings. The van der Waals surface area contributed by atoms with Gasteiger partial charge in [0.2, 0.25) is 0 Å². The summed E-state index contributed by atoms with van der Waals surface area (Å²) in [6.45, 7) is 1.38. The number of hydrogen-bond acceptors (Lipinski definition) is 6. The van der Waals surface area contributed by atoms with Crippen LogP contribution in [0.3, 0.4) is 0 Å². The monoisotopic (exact) mass is 421 g/mol. The van der Waals surface area contributed by atoms with E-state index in [1.54, 1.807) is 18.2 Å². The quantitative estimate of drug-likeness (QED) is 0.791. The maximum Gasteiger partial charge on any atom is 0.414 e. The number of cyclic esters (lactones) is 1. The number of ether oxygens (including phenoxy) is 1. The Hall–Kier alpha value is -2.88. The molecule has 2 saturated heterocycles. The number of carbonyl (C=O) groups excluding carboxylic acids is 2. The van der Waals surface area contributed by atoms with Crippen molar-refractivity contribution in [3.8, 4) is 0 Å². The SMILES string of the molecule is O=C(NC[C@H]1CN(c2ccc(N3CCS(=O)CC3)c(F)c2)C(=O)O1)c1ccco1. The van der Waals surface area contributed by atoms with Gasteiger partial charge in [0.15, 0.2) is 5.76 Å². The maximum atomic E-state index is 14.7. The molecule has 1 atom stereocenters. The molecule has 2 aliphatic rings. The topological polar surface area (TPSA) is 92.1 Å². The number of hydrogen-bond donors (Lipinski definition) is 1. The van der Waals surface area contributed by atoms with Crippen LogP contribution in [0.1, 0.15) is 10.6 Å². The zero-order chi connectivity index (χ0) is 20.4. The zero-order valence-corrected chi connectivity index (χ0v) is 16.3. The number of halogens is 1. The van der Waals surface area contributed by atoms with Gasteiger partial charge in [0, 0.05) is 35.4 Å². The Balaban J connectivity index is 1.38. The van der Waals surface area contributed by atoms with Gasteiger partial charge in [0.05, 0.1) is 30.7 Å². The van der Waals surface area contributed by atoms with E-state index in [-0.39, 0.29) is 18.8 Å². The third-order valence-electron chi connectivity index (χ3n) is 4.87. The smallest absolute Gasteiger partial charge is 0.414 e. The summed E-state index contributed by atoms with van der Waals surface area (Å²) in [6.07, 6.45) is 0.247. The summed E-state index contributed by atoms with van der Waals surface area (Å²) in [5.74, 6) is 0.362. The van der Waals surface area contributed by atoms with E-state index in [1.807, 2.05) is 4.90 Å². The average Bonchev–Trinajstić information content (AvgIpc) is 3.37. The number of anilines is 2. The van der Waals surface area contributed by atoms with Crippen LogP contribution >= 0.6 is 0 Å². The van der Waals surface area contributed by atoms with Gasteiger partial charge in [-0.3, -0.25) is 13.9 Å². The second kappa shape index (κ2) is 8.24. The van der Waals surface area contributed by atoms with Crippen LogP contribution in [0.15, 0.2) is 41.0 Å². The summed E-state index contributed by atoms with van der Waals surface area (Å²) < 4.78 is 36.4. The van der Waals surface area contributed by atoms with Crippen LogP contribution in [-0.4, -0.2) is 60.0 Å². The summed E-state index contributed by atoms with van der Waals surface area (Å²) in [7, 11) is -0.841. The molecule has 10 heteroatoms. The fourth-order valence-electron chi connectivity index (χ4n) is 3.34. The van der Waals surface area contributed by atoms with E-state index in [4.69, 9.17) is 9.15 Å². The van der Waals surface area contributed by atoms with E-state index in [0.29, 0.717) is 36.0 Å². The Morgan fingerprint density at radius 2 is 2.07 bits per heavy atom. The molecule has 154 valence electrons. The van der Waals surface area contributed by atoms with Crippen molar-refractivity contribution in [2.75, 3.05) is 47.5 Å². The normalized spacial score (nSPS) is 20.0. The number of carbonyl (C=O) groups is 2. The number of furan rings is 1. The molecule has 0 aliphatic carbocycles. The van der Waals surface area contributed by atoms with Crippen molar-refractivity contribution < 1.29 is 27.3 Å². The summed E-state index contributed by atoms with van der Waals surface area (Å²) >= 11 is 0. The summed E-state index contributed by atoms with van der Waals surface area (Å²) in [4.78, 5) is 27.3. The molecule has 2 aromatic rings. The Bertz CT molecular complexity index is 926. The first kappa shape index (κ1) is 19.4. The van der Waals surface area contributed by atoms with E-state index in [0.717, 1.165) is 0 Å². The zero-order valence-electron chi connectivity index (χ0n) is 15.5. The lowest BCUT2D eigenvalue weighted by Gasteiger charge is -2.29. The third-order valence-corrected chi connectivity index (χ3v) is 6.15. The highest BCUT2D eigenvalue weighted by molar-refractivity contribution is 7.85. The van der Waals surface area contributed by atoms with Gasteiger partial charge in [-0.25, -0.2) is 9.18 Å². The second-order valence-electron chi connectivity index (χ2n) is 6.77. The minimum atomic E-state index is -0.841. The number of benzene rings is 1. The molecular formula is C19H20FN3O5S. The van der Waals surface area contributed by atoms with Gasteiger partial charge >= 0.3 is 6.09 Å². The van der Waals surface area contributed by atoms with Gasteiger partial charge in [-0.2, -0.15) is 0 Å². The molecular weight excluding hydrogens is 401 g/mol. The van der Waals surface area contributed by atoms with Crippen LogP contribution < -0.4 is 15.1 Å². The van der Waals surface area contributed by atoms with Crippen molar-refractivity contribution in [2.45, 2.75) is 6.10 Å². The van der Waals surface area contributed by atoms with E-state index < -0.39 is 34.7 Å². The van der Waals surface area contributed by atoms with Gasteiger partial charge in [-0.1, -0.05) is 0 Å². The van der Waals surface area contributed by atoms with E-state index in [9.17, 15) is 18.2 Å². The fraction of sp³-hybridized carbons (Fsp3) is 0.368.